The SMILES string of the molecule is CC(C)c1ccc(CC2(O)CCN(C3CC3)C2)cc1. The van der Waals surface area contributed by atoms with Gasteiger partial charge in [-0.15, -0.1) is 0 Å². The molecular weight excluding hydrogens is 234 g/mol. The van der Waals surface area contributed by atoms with Crippen molar-refractivity contribution in [1.82, 2.24) is 4.90 Å². The zero-order valence-electron chi connectivity index (χ0n) is 12.1. The fraction of sp³-hybridized carbons (Fsp3) is 0.647. The van der Waals surface area contributed by atoms with Crippen LogP contribution in [0.1, 0.15) is 50.2 Å². The standard InChI is InChI=1S/C17H25NO/c1-13(2)15-5-3-14(4-6-15)11-17(19)9-10-18(12-17)16-7-8-16/h3-6,13,16,19H,7-12H2,1-2H3. The Balaban J connectivity index is 1.63. The van der Waals surface area contributed by atoms with Gasteiger partial charge in [0.15, 0.2) is 0 Å². The van der Waals surface area contributed by atoms with Gasteiger partial charge in [-0.2, -0.15) is 0 Å². The van der Waals surface area contributed by atoms with E-state index in [9.17, 15) is 5.11 Å². The number of rotatable bonds is 4. The molecule has 0 amide bonds. The van der Waals surface area contributed by atoms with Gasteiger partial charge in [0.25, 0.3) is 0 Å². The van der Waals surface area contributed by atoms with Crippen LogP contribution in [0.25, 0.3) is 0 Å². The van der Waals surface area contributed by atoms with Crippen LogP contribution in [-0.4, -0.2) is 34.7 Å². The van der Waals surface area contributed by atoms with E-state index < -0.39 is 5.60 Å². The molecule has 19 heavy (non-hydrogen) atoms. The van der Waals surface area contributed by atoms with E-state index >= 15 is 0 Å². The Kier molecular flexibility index (Phi) is 3.40. The molecule has 0 bridgehead atoms. The number of benzene rings is 1. The van der Waals surface area contributed by atoms with E-state index in [-0.39, 0.29) is 0 Å². The molecule has 1 aromatic carbocycles. The summed E-state index contributed by atoms with van der Waals surface area (Å²) < 4.78 is 0. The Labute approximate surface area is 116 Å². The average Bonchev–Trinajstić information content (AvgIpc) is 3.14. The molecule has 1 heterocycles. The normalized spacial score (nSPS) is 28.2. The number of likely N-dealkylation sites (tertiary alicyclic amines) is 1. The van der Waals surface area contributed by atoms with Crippen LogP contribution in [0.5, 0.6) is 0 Å². The van der Waals surface area contributed by atoms with E-state index in [0.717, 1.165) is 32.0 Å². The summed E-state index contributed by atoms with van der Waals surface area (Å²) in [6.07, 6.45) is 4.39. The van der Waals surface area contributed by atoms with E-state index in [2.05, 4.69) is 43.0 Å². The van der Waals surface area contributed by atoms with Crippen molar-refractivity contribution in [2.75, 3.05) is 13.1 Å². The van der Waals surface area contributed by atoms with Crippen molar-refractivity contribution < 1.29 is 5.11 Å². The van der Waals surface area contributed by atoms with E-state index in [4.69, 9.17) is 0 Å². The summed E-state index contributed by atoms with van der Waals surface area (Å²) in [4.78, 5) is 2.47. The molecule has 2 aliphatic rings. The number of hydrogen-bond acceptors (Lipinski definition) is 2. The predicted octanol–water partition coefficient (Wildman–Crippen LogP) is 2.95. The van der Waals surface area contributed by atoms with Crippen LogP contribution in [0.3, 0.4) is 0 Å². The van der Waals surface area contributed by atoms with Crippen molar-refractivity contribution in [3.8, 4) is 0 Å². The van der Waals surface area contributed by atoms with Crippen molar-refractivity contribution in [2.24, 2.45) is 0 Å². The summed E-state index contributed by atoms with van der Waals surface area (Å²) in [7, 11) is 0. The molecule has 0 aromatic heterocycles. The average molecular weight is 259 g/mol. The maximum absolute atomic E-state index is 10.7. The summed E-state index contributed by atoms with van der Waals surface area (Å²) in [5, 5.41) is 10.7. The zero-order chi connectivity index (χ0) is 13.5. The second kappa shape index (κ2) is 4.92. The van der Waals surface area contributed by atoms with Gasteiger partial charge in [0.1, 0.15) is 0 Å². The van der Waals surface area contributed by atoms with E-state index in [1.54, 1.807) is 0 Å². The topological polar surface area (TPSA) is 23.5 Å². The van der Waals surface area contributed by atoms with Gasteiger partial charge < -0.3 is 5.11 Å². The molecule has 2 heteroatoms. The molecule has 1 aliphatic carbocycles. The summed E-state index contributed by atoms with van der Waals surface area (Å²) >= 11 is 0. The maximum Gasteiger partial charge on any atom is 0.0826 e. The largest absolute Gasteiger partial charge is 0.388 e. The molecule has 1 N–H and O–H groups in total. The number of nitrogens with zero attached hydrogens (tertiary/aromatic N) is 1. The highest BCUT2D eigenvalue weighted by atomic mass is 16.3. The molecule has 1 aromatic rings. The monoisotopic (exact) mass is 259 g/mol. The molecule has 1 saturated carbocycles. The first kappa shape index (κ1) is 13.1. The smallest absolute Gasteiger partial charge is 0.0826 e. The summed E-state index contributed by atoms with van der Waals surface area (Å²) in [6.45, 7) is 6.37. The number of β-amino-alcohol motifs (C(OH)–C–C–N with tert-alkyl or cyclic N) is 1. The molecular formula is C17H25NO. The predicted molar refractivity (Wildman–Crippen MR) is 78.4 cm³/mol. The second-order valence-corrected chi connectivity index (χ2v) is 6.75. The summed E-state index contributed by atoms with van der Waals surface area (Å²) in [6, 6.07) is 9.56. The lowest BCUT2D eigenvalue weighted by Crippen LogP contribution is -2.36. The van der Waals surface area contributed by atoms with Crippen LogP contribution >= 0.6 is 0 Å². The van der Waals surface area contributed by atoms with Gasteiger partial charge in [0.05, 0.1) is 5.60 Å². The highest BCUT2D eigenvalue weighted by Crippen LogP contribution is 2.34. The summed E-state index contributed by atoms with van der Waals surface area (Å²) in [5.74, 6) is 0.578. The molecule has 2 fully saturated rings. The van der Waals surface area contributed by atoms with E-state index in [1.807, 2.05) is 0 Å². The quantitative estimate of drug-likeness (QED) is 0.898. The molecule has 1 aliphatic heterocycles. The van der Waals surface area contributed by atoms with Gasteiger partial charge >= 0.3 is 0 Å². The van der Waals surface area contributed by atoms with Crippen LogP contribution < -0.4 is 0 Å². The number of aliphatic hydroxyl groups is 1. The molecule has 104 valence electrons. The first-order valence-electron chi connectivity index (χ1n) is 7.61. The van der Waals surface area contributed by atoms with Crippen molar-refractivity contribution in [1.29, 1.82) is 0 Å². The van der Waals surface area contributed by atoms with Gasteiger partial charge in [0, 0.05) is 25.6 Å². The van der Waals surface area contributed by atoms with Crippen molar-refractivity contribution in [2.45, 2.75) is 57.1 Å². The fourth-order valence-electron chi connectivity index (χ4n) is 3.18. The number of hydrogen-bond donors (Lipinski definition) is 1. The van der Waals surface area contributed by atoms with Crippen LogP contribution in [-0.2, 0) is 6.42 Å². The Morgan fingerprint density at radius 3 is 2.53 bits per heavy atom. The van der Waals surface area contributed by atoms with Gasteiger partial charge in [-0.05, 0) is 36.3 Å². The minimum atomic E-state index is -0.498. The van der Waals surface area contributed by atoms with Crippen LogP contribution in [0.2, 0.25) is 0 Å². The van der Waals surface area contributed by atoms with E-state index in [1.165, 1.54) is 24.0 Å². The maximum atomic E-state index is 10.7. The Bertz CT molecular complexity index is 435. The van der Waals surface area contributed by atoms with Gasteiger partial charge in [-0.25, -0.2) is 0 Å². The lowest BCUT2D eigenvalue weighted by Gasteiger charge is -2.23. The van der Waals surface area contributed by atoms with Crippen molar-refractivity contribution in [3.63, 3.8) is 0 Å². The van der Waals surface area contributed by atoms with Gasteiger partial charge in [-0.3, -0.25) is 4.90 Å². The second-order valence-electron chi connectivity index (χ2n) is 6.75. The van der Waals surface area contributed by atoms with Crippen LogP contribution in [0.15, 0.2) is 24.3 Å². The lowest BCUT2D eigenvalue weighted by atomic mass is 9.92. The zero-order valence-corrected chi connectivity index (χ0v) is 12.1. The lowest BCUT2D eigenvalue weighted by molar-refractivity contribution is 0.0487. The highest BCUT2D eigenvalue weighted by Gasteiger charge is 2.41. The van der Waals surface area contributed by atoms with Crippen molar-refractivity contribution >= 4 is 0 Å². The third-order valence-corrected chi connectivity index (χ3v) is 4.60. The van der Waals surface area contributed by atoms with Crippen LogP contribution in [0, 0.1) is 0 Å². The minimum absolute atomic E-state index is 0.498. The summed E-state index contributed by atoms with van der Waals surface area (Å²) in [5.41, 5.74) is 2.15. The third-order valence-electron chi connectivity index (χ3n) is 4.60. The first-order chi connectivity index (χ1) is 9.06. The van der Waals surface area contributed by atoms with Gasteiger partial charge in [-0.1, -0.05) is 38.1 Å². The van der Waals surface area contributed by atoms with Crippen molar-refractivity contribution in [3.05, 3.63) is 35.4 Å². The molecule has 2 nitrogen and oxygen atoms in total. The molecule has 0 radical (unpaired) electrons. The highest BCUT2D eigenvalue weighted by molar-refractivity contribution is 5.26. The first-order valence-corrected chi connectivity index (χ1v) is 7.61. The van der Waals surface area contributed by atoms with E-state index in [0.29, 0.717) is 5.92 Å². The third kappa shape index (κ3) is 3.01. The Morgan fingerprint density at radius 1 is 1.26 bits per heavy atom. The van der Waals surface area contributed by atoms with Crippen LogP contribution in [0.4, 0.5) is 0 Å². The fourth-order valence-corrected chi connectivity index (χ4v) is 3.18. The molecule has 3 rings (SSSR count). The van der Waals surface area contributed by atoms with Gasteiger partial charge in [0.2, 0.25) is 0 Å². The minimum Gasteiger partial charge on any atom is -0.388 e. The Morgan fingerprint density at radius 2 is 1.95 bits per heavy atom. The molecule has 1 saturated heterocycles. The molecule has 1 atom stereocenters. The Hall–Kier alpha value is -0.860. The molecule has 1 unspecified atom stereocenters. The molecule has 0 spiro atoms.